The zero-order chi connectivity index (χ0) is 14.3. The largest absolute Gasteiger partial charge is 0.357 e. The van der Waals surface area contributed by atoms with Crippen molar-refractivity contribution in [2.45, 2.75) is 46.6 Å². The third-order valence-corrected chi connectivity index (χ3v) is 4.77. The third-order valence-electron chi connectivity index (χ3n) is 4.77. The van der Waals surface area contributed by atoms with E-state index in [9.17, 15) is 0 Å². The van der Waals surface area contributed by atoms with E-state index in [1.807, 2.05) is 0 Å². The molecular formula is C18H26N2. The second-order valence-electron chi connectivity index (χ2n) is 6.61. The van der Waals surface area contributed by atoms with Gasteiger partial charge in [0, 0.05) is 24.8 Å². The summed E-state index contributed by atoms with van der Waals surface area (Å²) < 4.78 is 0. The molecule has 1 heterocycles. The molecule has 2 heteroatoms. The van der Waals surface area contributed by atoms with E-state index in [0.717, 1.165) is 12.7 Å². The van der Waals surface area contributed by atoms with E-state index in [1.165, 1.54) is 48.3 Å². The Labute approximate surface area is 123 Å². The highest BCUT2D eigenvalue weighted by Gasteiger charge is 2.29. The van der Waals surface area contributed by atoms with E-state index in [0.29, 0.717) is 0 Å². The summed E-state index contributed by atoms with van der Waals surface area (Å²) in [5.74, 6) is 0. The van der Waals surface area contributed by atoms with Crippen LogP contribution in [-0.4, -0.2) is 30.7 Å². The molecule has 1 atom stereocenters. The minimum atomic E-state index is 0.742. The molecule has 0 amide bonds. The molecule has 0 bridgehead atoms. The van der Waals surface area contributed by atoms with E-state index < -0.39 is 0 Å². The van der Waals surface area contributed by atoms with Gasteiger partial charge in [0.15, 0.2) is 0 Å². The first kappa shape index (κ1) is 13.7. The summed E-state index contributed by atoms with van der Waals surface area (Å²) in [4.78, 5) is 5.23. The van der Waals surface area contributed by atoms with Crippen molar-refractivity contribution < 1.29 is 0 Å². The maximum atomic E-state index is 2.66. The van der Waals surface area contributed by atoms with Gasteiger partial charge in [-0.3, -0.25) is 4.90 Å². The highest BCUT2D eigenvalue weighted by Crippen LogP contribution is 2.31. The number of rotatable bonds is 2. The molecule has 0 radical (unpaired) electrons. The van der Waals surface area contributed by atoms with Crippen LogP contribution in [0.25, 0.3) is 0 Å². The number of nitrogens with zero attached hydrogens (tertiary/aromatic N) is 2. The van der Waals surface area contributed by atoms with Crippen molar-refractivity contribution in [1.82, 2.24) is 4.90 Å². The molecule has 1 saturated heterocycles. The van der Waals surface area contributed by atoms with Gasteiger partial charge in [0.25, 0.3) is 0 Å². The van der Waals surface area contributed by atoms with Crippen LogP contribution in [0, 0.1) is 20.8 Å². The van der Waals surface area contributed by atoms with Crippen LogP contribution >= 0.6 is 0 Å². The molecule has 0 N–H and O–H groups in total. The summed E-state index contributed by atoms with van der Waals surface area (Å²) in [6, 6.07) is 5.37. The van der Waals surface area contributed by atoms with Crippen LogP contribution in [0.2, 0.25) is 0 Å². The highest BCUT2D eigenvalue weighted by molar-refractivity contribution is 5.60. The van der Waals surface area contributed by atoms with Crippen molar-refractivity contribution in [2.75, 3.05) is 24.7 Å². The van der Waals surface area contributed by atoms with Crippen molar-refractivity contribution in [3.63, 3.8) is 0 Å². The Morgan fingerprint density at radius 1 is 1.00 bits per heavy atom. The van der Waals surface area contributed by atoms with E-state index in [2.05, 4.69) is 55.7 Å². The lowest BCUT2D eigenvalue weighted by atomic mass is 10.0. The zero-order valence-electron chi connectivity index (χ0n) is 13.2. The van der Waals surface area contributed by atoms with Crippen LogP contribution in [-0.2, 0) is 0 Å². The number of benzene rings is 1. The monoisotopic (exact) mass is 270 g/mol. The van der Waals surface area contributed by atoms with Gasteiger partial charge in [-0.05, 0) is 51.7 Å². The summed E-state index contributed by atoms with van der Waals surface area (Å²) in [5.41, 5.74) is 7.24. The Hall–Kier alpha value is -1.28. The lowest BCUT2D eigenvalue weighted by Crippen LogP contribution is -2.33. The van der Waals surface area contributed by atoms with Gasteiger partial charge >= 0.3 is 0 Å². The molecule has 1 fully saturated rings. The minimum absolute atomic E-state index is 0.742. The van der Waals surface area contributed by atoms with E-state index >= 15 is 0 Å². The Bertz CT molecular complexity index is 521. The molecule has 3 rings (SSSR count). The fraction of sp³-hybridized carbons (Fsp3) is 0.556. The van der Waals surface area contributed by atoms with Crippen molar-refractivity contribution in [1.29, 1.82) is 0 Å². The van der Waals surface area contributed by atoms with Crippen molar-refractivity contribution in [3.8, 4) is 0 Å². The van der Waals surface area contributed by atoms with Gasteiger partial charge in [0.1, 0.15) is 0 Å². The molecule has 1 aliphatic carbocycles. The van der Waals surface area contributed by atoms with Crippen molar-refractivity contribution >= 4 is 5.69 Å². The van der Waals surface area contributed by atoms with Crippen molar-refractivity contribution in [2.24, 2.45) is 0 Å². The van der Waals surface area contributed by atoms with Crippen LogP contribution in [0.4, 0.5) is 5.69 Å². The lowest BCUT2D eigenvalue weighted by Gasteiger charge is -2.27. The topological polar surface area (TPSA) is 6.48 Å². The van der Waals surface area contributed by atoms with Gasteiger partial charge in [-0.15, -0.1) is 0 Å². The van der Waals surface area contributed by atoms with Gasteiger partial charge in [0.2, 0.25) is 0 Å². The number of hydrogen-bond acceptors (Lipinski definition) is 2. The van der Waals surface area contributed by atoms with E-state index in [4.69, 9.17) is 0 Å². The van der Waals surface area contributed by atoms with Crippen molar-refractivity contribution in [3.05, 3.63) is 40.5 Å². The summed E-state index contributed by atoms with van der Waals surface area (Å²) in [7, 11) is 0. The Balaban J connectivity index is 1.74. The maximum absolute atomic E-state index is 2.66. The maximum Gasteiger partial charge on any atom is 0.0711 e. The minimum Gasteiger partial charge on any atom is -0.357 e. The SMILES string of the molecule is CC1=CC[C@@H](N2CCN(c3c(C)cc(C)cc3C)C2)C1. The lowest BCUT2D eigenvalue weighted by molar-refractivity contribution is 0.253. The second-order valence-corrected chi connectivity index (χ2v) is 6.61. The van der Waals surface area contributed by atoms with Gasteiger partial charge < -0.3 is 4.90 Å². The quantitative estimate of drug-likeness (QED) is 0.754. The molecule has 20 heavy (non-hydrogen) atoms. The van der Waals surface area contributed by atoms with Gasteiger partial charge in [0.05, 0.1) is 6.67 Å². The van der Waals surface area contributed by atoms with Gasteiger partial charge in [-0.25, -0.2) is 0 Å². The molecule has 1 aromatic carbocycles. The number of aryl methyl sites for hydroxylation is 3. The fourth-order valence-electron chi connectivity index (χ4n) is 3.92. The summed E-state index contributed by atoms with van der Waals surface area (Å²) >= 11 is 0. The highest BCUT2D eigenvalue weighted by atomic mass is 15.4. The Morgan fingerprint density at radius 2 is 1.70 bits per heavy atom. The van der Waals surface area contributed by atoms with E-state index in [1.54, 1.807) is 5.57 Å². The molecule has 2 nitrogen and oxygen atoms in total. The van der Waals surface area contributed by atoms with Crippen LogP contribution in [0.1, 0.15) is 36.5 Å². The molecular weight excluding hydrogens is 244 g/mol. The first-order chi connectivity index (χ1) is 9.54. The Morgan fingerprint density at radius 3 is 2.30 bits per heavy atom. The number of hydrogen-bond donors (Lipinski definition) is 0. The molecule has 2 aliphatic rings. The average molecular weight is 270 g/mol. The van der Waals surface area contributed by atoms with E-state index in [-0.39, 0.29) is 0 Å². The summed E-state index contributed by atoms with van der Waals surface area (Å²) in [6.07, 6.45) is 4.92. The number of anilines is 1. The second kappa shape index (κ2) is 5.25. The first-order valence-corrected chi connectivity index (χ1v) is 7.77. The van der Waals surface area contributed by atoms with Crippen LogP contribution in [0.3, 0.4) is 0 Å². The normalized spacial score (nSPS) is 23.5. The smallest absolute Gasteiger partial charge is 0.0711 e. The third kappa shape index (κ3) is 2.49. The first-order valence-electron chi connectivity index (χ1n) is 7.77. The average Bonchev–Trinajstić information content (AvgIpc) is 2.96. The predicted octanol–water partition coefficient (Wildman–Crippen LogP) is 3.80. The molecule has 0 spiro atoms. The standard InChI is InChI=1S/C18H26N2/c1-13-5-6-17(11-13)19-7-8-20(12-19)18-15(3)9-14(2)10-16(18)4/h5,9-10,17H,6-8,11-12H2,1-4H3/t17-/m1/s1. The van der Waals surface area contributed by atoms with Crippen LogP contribution < -0.4 is 4.90 Å². The molecule has 0 unspecified atom stereocenters. The summed E-state index contributed by atoms with van der Waals surface area (Å²) in [6.45, 7) is 12.4. The summed E-state index contributed by atoms with van der Waals surface area (Å²) in [5, 5.41) is 0. The molecule has 1 aliphatic heterocycles. The molecule has 0 saturated carbocycles. The van der Waals surface area contributed by atoms with Gasteiger partial charge in [-0.2, -0.15) is 0 Å². The van der Waals surface area contributed by atoms with Crippen LogP contribution in [0.15, 0.2) is 23.8 Å². The molecule has 1 aromatic rings. The zero-order valence-corrected chi connectivity index (χ0v) is 13.2. The van der Waals surface area contributed by atoms with Gasteiger partial charge in [-0.1, -0.05) is 29.3 Å². The molecule has 108 valence electrons. The fourth-order valence-corrected chi connectivity index (χ4v) is 3.92. The predicted molar refractivity (Wildman–Crippen MR) is 86.4 cm³/mol. The Kier molecular flexibility index (Phi) is 3.59. The molecule has 0 aromatic heterocycles. The van der Waals surface area contributed by atoms with Crippen LogP contribution in [0.5, 0.6) is 0 Å².